The first-order valence-corrected chi connectivity index (χ1v) is 9.89. The van der Waals surface area contributed by atoms with Crippen LogP contribution in [0, 0.1) is 6.92 Å². The smallest absolute Gasteiger partial charge is 0.241 e. The Morgan fingerprint density at radius 3 is 2.36 bits per heavy atom. The maximum Gasteiger partial charge on any atom is 0.241 e. The summed E-state index contributed by atoms with van der Waals surface area (Å²) in [6.45, 7) is 4.23. The lowest BCUT2D eigenvalue weighted by molar-refractivity contribution is -0.136. The average Bonchev–Trinajstić information content (AvgIpc) is 3.18. The van der Waals surface area contributed by atoms with Gasteiger partial charge in [0.1, 0.15) is 5.54 Å². The summed E-state index contributed by atoms with van der Waals surface area (Å²) >= 11 is 0. The van der Waals surface area contributed by atoms with Gasteiger partial charge in [0.25, 0.3) is 0 Å². The molecule has 4 heteroatoms. The van der Waals surface area contributed by atoms with Crippen molar-refractivity contribution < 1.29 is 9.90 Å². The zero-order valence-electron chi connectivity index (χ0n) is 15.5. The third-order valence-corrected chi connectivity index (χ3v) is 6.02. The first kappa shape index (κ1) is 18.4. The minimum Gasteiger partial charge on any atom is -0.396 e. The molecular formula is C21H32N2O2. The Kier molecular flexibility index (Phi) is 6.13. The van der Waals surface area contributed by atoms with Crippen LogP contribution >= 0.6 is 0 Å². The molecule has 138 valence electrons. The molecule has 1 aliphatic carbocycles. The Hall–Kier alpha value is -1.39. The molecule has 2 N–H and O–H groups in total. The molecule has 1 heterocycles. The standard InChI is InChI=1S/C21H32N2O2/c1-17-7-9-18(10-8-17)19(11-16-24)22-20(25)21(12-3-2-4-13-21)23-14-5-6-15-23/h7-10,19,24H,2-6,11-16H2,1H3,(H,22,25). The SMILES string of the molecule is Cc1ccc(C(CCO)NC(=O)C2(N3CCCC3)CCCCC2)cc1. The second kappa shape index (κ2) is 8.33. The van der Waals surface area contributed by atoms with Gasteiger partial charge in [-0.2, -0.15) is 0 Å². The van der Waals surface area contributed by atoms with Crippen LogP contribution in [0.5, 0.6) is 0 Å². The minimum atomic E-state index is -0.326. The molecule has 1 unspecified atom stereocenters. The Balaban J connectivity index is 1.79. The first-order valence-electron chi connectivity index (χ1n) is 9.89. The van der Waals surface area contributed by atoms with E-state index in [0.29, 0.717) is 6.42 Å². The monoisotopic (exact) mass is 344 g/mol. The number of benzene rings is 1. The second-order valence-electron chi connectivity index (χ2n) is 7.74. The summed E-state index contributed by atoms with van der Waals surface area (Å²) in [6, 6.07) is 8.17. The van der Waals surface area contributed by atoms with Gasteiger partial charge >= 0.3 is 0 Å². The van der Waals surface area contributed by atoms with E-state index in [0.717, 1.165) is 44.3 Å². The van der Waals surface area contributed by atoms with Gasteiger partial charge in [-0.1, -0.05) is 49.1 Å². The zero-order valence-corrected chi connectivity index (χ0v) is 15.5. The van der Waals surface area contributed by atoms with E-state index < -0.39 is 0 Å². The molecule has 1 atom stereocenters. The number of aliphatic hydroxyl groups is 1. The average molecular weight is 344 g/mol. The highest BCUT2D eigenvalue weighted by molar-refractivity contribution is 5.87. The van der Waals surface area contributed by atoms with Gasteiger partial charge < -0.3 is 10.4 Å². The van der Waals surface area contributed by atoms with E-state index in [1.807, 2.05) is 0 Å². The molecule has 1 aliphatic heterocycles. The molecule has 4 nitrogen and oxygen atoms in total. The van der Waals surface area contributed by atoms with Crippen molar-refractivity contribution in [2.24, 2.45) is 0 Å². The van der Waals surface area contributed by atoms with Gasteiger partial charge in [-0.25, -0.2) is 0 Å². The van der Waals surface area contributed by atoms with Crippen molar-refractivity contribution in [1.82, 2.24) is 10.2 Å². The van der Waals surface area contributed by atoms with Crippen molar-refractivity contribution >= 4 is 5.91 Å². The number of amides is 1. The lowest BCUT2D eigenvalue weighted by atomic mass is 9.79. The molecule has 2 fully saturated rings. The van der Waals surface area contributed by atoms with Crippen molar-refractivity contribution in [2.75, 3.05) is 19.7 Å². The lowest BCUT2D eigenvalue weighted by Crippen LogP contribution is -2.59. The molecule has 1 aromatic carbocycles. The van der Waals surface area contributed by atoms with Crippen molar-refractivity contribution in [3.8, 4) is 0 Å². The molecule has 0 bridgehead atoms. The highest BCUT2D eigenvalue weighted by Gasteiger charge is 2.45. The molecule has 1 saturated heterocycles. The molecule has 2 aliphatic rings. The Labute approximate surface area is 151 Å². The Morgan fingerprint density at radius 2 is 1.76 bits per heavy atom. The van der Waals surface area contributed by atoms with E-state index in [-0.39, 0.29) is 24.1 Å². The summed E-state index contributed by atoms with van der Waals surface area (Å²) in [4.78, 5) is 15.8. The number of carbonyl (C=O) groups excluding carboxylic acids is 1. The first-order chi connectivity index (χ1) is 12.2. The van der Waals surface area contributed by atoms with Crippen molar-refractivity contribution in [3.63, 3.8) is 0 Å². The van der Waals surface area contributed by atoms with Crippen LogP contribution < -0.4 is 5.32 Å². The van der Waals surface area contributed by atoms with Crippen LogP contribution in [0.2, 0.25) is 0 Å². The molecule has 1 aromatic rings. The fraction of sp³-hybridized carbons (Fsp3) is 0.667. The van der Waals surface area contributed by atoms with Gasteiger partial charge in [-0.05, 0) is 57.7 Å². The summed E-state index contributed by atoms with van der Waals surface area (Å²) in [5, 5.41) is 12.8. The van der Waals surface area contributed by atoms with Crippen molar-refractivity contribution in [3.05, 3.63) is 35.4 Å². The quantitative estimate of drug-likeness (QED) is 0.832. The summed E-state index contributed by atoms with van der Waals surface area (Å²) in [5.74, 6) is 0.174. The van der Waals surface area contributed by atoms with Gasteiger partial charge in [0.15, 0.2) is 0 Å². The zero-order chi connectivity index (χ0) is 17.7. The number of carbonyl (C=O) groups is 1. The topological polar surface area (TPSA) is 52.6 Å². The van der Waals surface area contributed by atoms with E-state index in [1.165, 1.54) is 24.8 Å². The van der Waals surface area contributed by atoms with Gasteiger partial charge in [0.05, 0.1) is 6.04 Å². The van der Waals surface area contributed by atoms with Crippen LogP contribution in [0.1, 0.15) is 68.5 Å². The van der Waals surface area contributed by atoms with Crippen LogP contribution in [-0.4, -0.2) is 41.1 Å². The number of aryl methyl sites for hydroxylation is 1. The maximum absolute atomic E-state index is 13.4. The Bertz CT molecular complexity index is 558. The number of aliphatic hydroxyl groups excluding tert-OH is 1. The number of nitrogens with one attached hydrogen (secondary N) is 1. The molecule has 0 radical (unpaired) electrons. The van der Waals surface area contributed by atoms with Crippen LogP contribution in [0.25, 0.3) is 0 Å². The molecule has 0 spiro atoms. The summed E-state index contributed by atoms with van der Waals surface area (Å²) in [6.07, 6.45) is 8.42. The van der Waals surface area contributed by atoms with E-state index in [2.05, 4.69) is 41.4 Å². The number of hydrogen-bond acceptors (Lipinski definition) is 3. The molecule has 1 saturated carbocycles. The van der Waals surface area contributed by atoms with Gasteiger partial charge in [0, 0.05) is 6.61 Å². The summed E-state index contributed by atoms with van der Waals surface area (Å²) in [7, 11) is 0. The van der Waals surface area contributed by atoms with Crippen LogP contribution in [0.3, 0.4) is 0 Å². The van der Waals surface area contributed by atoms with Gasteiger partial charge in [-0.3, -0.25) is 9.69 Å². The molecule has 3 rings (SSSR count). The number of rotatable bonds is 6. The van der Waals surface area contributed by atoms with Crippen molar-refractivity contribution in [1.29, 1.82) is 0 Å². The van der Waals surface area contributed by atoms with Crippen LogP contribution in [-0.2, 0) is 4.79 Å². The van der Waals surface area contributed by atoms with Crippen LogP contribution in [0.15, 0.2) is 24.3 Å². The van der Waals surface area contributed by atoms with Gasteiger partial charge in [0.2, 0.25) is 5.91 Å². The second-order valence-corrected chi connectivity index (χ2v) is 7.74. The third kappa shape index (κ3) is 4.06. The fourth-order valence-electron chi connectivity index (χ4n) is 4.51. The minimum absolute atomic E-state index is 0.0789. The highest BCUT2D eigenvalue weighted by Crippen LogP contribution is 2.37. The maximum atomic E-state index is 13.4. The summed E-state index contributed by atoms with van der Waals surface area (Å²) < 4.78 is 0. The largest absolute Gasteiger partial charge is 0.396 e. The Morgan fingerprint density at radius 1 is 1.12 bits per heavy atom. The van der Waals surface area contributed by atoms with E-state index >= 15 is 0 Å². The molecule has 25 heavy (non-hydrogen) atoms. The number of likely N-dealkylation sites (tertiary alicyclic amines) is 1. The lowest BCUT2D eigenvalue weighted by Gasteiger charge is -2.44. The summed E-state index contributed by atoms with van der Waals surface area (Å²) in [5.41, 5.74) is 1.96. The van der Waals surface area contributed by atoms with Crippen LogP contribution in [0.4, 0.5) is 0 Å². The number of hydrogen-bond donors (Lipinski definition) is 2. The molecular weight excluding hydrogens is 312 g/mol. The predicted octanol–water partition coefficient (Wildman–Crippen LogP) is 3.33. The molecule has 0 aromatic heterocycles. The normalized spacial score (nSPS) is 21.8. The predicted molar refractivity (Wildman–Crippen MR) is 100 cm³/mol. The third-order valence-electron chi connectivity index (χ3n) is 6.02. The molecule has 1 amide bonds. The fourth-order valence-corrected chi connectivity index (χ4v) is 4.51. The van der Waals surface area contributed by atoms with E-state index in [4.69, 9.17) is 0 Å². The van der Waals surface area contributed by atoms with Crippen molar-refractivity contribution in [2.45, 2.75) is 69.9 Å². The van der Waals surface area contributed by atoms with Gasteiger partial charge in [-0.15, -0.1) is 0 Å². The van der Waals surface area contributed by atoms with E-state index in [9.17, 15) is 9.90 Å². The number of nitrogens with zero attached hydrogens (tertiary/aromatic N) is 1. The van der Waals surface area contributed by atoms with E-state index in [1.54, 1.807) is 0 Å². The highest BCUT2D eigenvalue weighted by atomic mass is 16.3.